The van der Waals surface area contributed by atoms with Crippen LogP contribution in [0.25, 0.3) is 16.6 Å². The molecule has 5 nitrogen and oxygen atoms in total. The highest BCUT2D eigenvalue weighted by atomic mass is 32.2. The summed E-state index contributed by atoms with van der Waals surface area (Å²) in [6.07, 6.45) is 0. The van der Waals surface area contributed by atoms with Crippen LogP contribution in [-0.4, -0.2) is 27.0 Å². The molecule has 130 valence electrons. The van der Waals surface area contributed by atoms with Crippen molar-refractivity contribution < 1.29 is 9.50 Å². The molecule has 1 heterocycles. The zero-order valence-corrected chi connectivity index (χ0v) is 14.5. The Balaban J connectivity index is 2.36. The van der Waals surface area contributed by atoms with Crippen molar-refractivity contribution in [2.75, 3.05) is 12.4 Å². The maximum absolute atomic E-state index is 13.7. The minimum absolute atomic E-state index is 0.00445. The van der Waals surface area contributed by atoms with Crippen molar-refractivity contribution in [3.05, 3.63) is 64.5 Å². The van der Waals surface area contributed by atoms with Gasteiger partial charge in [-0.2, -0.15) is 0 Å². The van der Waals surface area contributed by atoms with Gasteiger partial charge in [0.05, 0.1) is 29.2 Å². The first-order valence-corrected chi connectivity index (χ1v) is 8.82. The molecule has 3 rings (SSSR count). The predicted molar refractivity (Wildman–Crippen MR) is 97.7 cm³/mol. The molecule has 0 saturated carbocycles. The van der Waals surface area contributed by atoms with Gasteiger partial charge in [0.25, 0.3) is 5.56 Å². The molecule has 0 spiro atoms. The lowest BCUT2D eigenvalue weighted by atomic mass is 10.2. The van der Waals surface area contributed by atoms with Crippen LogP contribution in [-0.2, 0) is 0 Å². The van der Waals surface area contributed by atoms with Gasteiger partial charge in [-0.3, -0.25) is 9.36 Å². The molecule has 0 aliphatic heterocycles. The van der Waals surface area contributed by atoms with Crippen molar-refractivity contribution in [3.8, 4) is 5.69 Å². The third-order valence-electron chi connectivity index (χ3n) is 3.71. The van der Waals surface area contributed by atoms with Gasteiger partial charge < -0.3 is 10.8 Å². The number of aliphatic hydroxyl groups excluding tert-OH is 1. The van der Waals surface area contributed by atoms with E-state index in [9.17, 15) is 9.18 Å². The highest BCUT2D eigenvalue weighted by Crippen LogP contribution is 2.26. The number of fused-ring (bicyclic) bond motifs is 1. The van der Waals surface area contributed by atoms with E-state index in [0.717, 1.165) is 4.90 Å². The maximum atomic E-state index is 13.7. The summed E-state index contributed by atoms with van der Waals surface area (Å²) < 4.78 is 15.0. The van der Waals surface area contributed by atoms with Gasteiger partial charge in [0, 0.05) is 10.6 Å². The minimum Gasteiger partial charge on any atom is -0.396 e. The number of halogens is 1. The SMILES string of the molecule is C[C@H](N)c1nc2cccc(SCCO)c2c(=O)n1-c1cccc(F)c1. The molecular formula is C18H18FN3O2S. The van der Waals surface area contributed by atoms with Crippen LogP contribution >= 0.6 is 11.8 Å². The van der Waals surface area contributed by atoms with E-state index in [1.165, 1.54) is 28.5 Å². The molecule has 3 aromatic rings. The predicted octanol–water partition coefficient (Wildman–Crippen LogP) is 2.63. The van der Waals surface area contributed by atoms with Crippen molar-refractivity contribution in [1.29, 1.82) is 0 Å². The molecule has 0 unspecified atom stereocenters. The van der Waals surface area contributed by atoms with E-state index >= 15 is 0 Å². The first-order chi connectivity index (χ1) is 12.0. The third kappa shape index (κ3) is 3.44. The number of benzene rings is 2. The van der Waals surface area contributed by atoms with Crippen molar-refractivity contribution in [3.63, 3.8) is 0 Å². The average Bonchev–Trinajstić information content (AvgIpc) is 2.59. The fourth-order valence-electron chi connectivity index (χ4n) is 2.66. The number of rotatable bonds is 5. The number of hydrogen-bond acceptors (Lipinski definition) is 5. The summed E-state index contributed by atoms with van der Waals surface area (Å²) in [4.78, 5) is 18.5. The first-order valence-electron chi connectivity index (χ1n) is 7.83. The highest BCUT2D eigenvalue weighted by molar-refractivity contribution is 7.99. The van der Waals surface area contributed by atoms with Crippen molar-refractivity contribution in [2.24, 2.45) is 5.73 Å². The molecule has 1 atom stereocenters. The van der Waals surface area contributed by atoms with Crippen LogP contribution in [0.4, 0.5) is 4.39 Å². The van der Waals surface area contributed by atoms with E-state index in [2.05, 4.69) is 4.98 Å². The Hall–Kier alpha value is -2.22. The van der Waals surface area contributed by atoms with E-state index in [1.807, 2.05) is 12.1 Å². The number of aromatic nitrogens is 2. The van der Waals surface area contributed by atoms with Gasteiger partial charge in [-0.05, 0) is 37.3 Å². The number of aliphatic hydroxyl groups is 1. The zero-order chi connectivity index (χ0) is 18.0. The fourth-order valence-corrected chi connectivity index (χ4v) is 3.49. The smallest absolute Gasteiger partial charge is 0.267 e. The lowest BCUT2D eigenvalue weighted by Gasteiger charge is -2.17. The second-order valence-corrected chi connectivity index (χ2v) is 6.74. The van der Waals surface area contributed by atoms with Crippen LogP contribution < -0.4 is 11.3 Å². The topological polar surface area (TPSA) is 81.1 Å². The lowest BCUT2D eigenvalue weighted by molar-refractivity contribution is 0.322. The molecular weight excluding hydrogens is 341 g/mol. The summed E-state index contributed by atoms with van der Waals surface area (Å²) in [5, 5.41) is 9.51. The van der Waals surface area contributed by atoms with Gasteiger partial charge >= 0.3 is 0 Å². The summed E-state index contributed by atoms with van der Waals surface area (Å²) in [5.74, 6) is 0.392. The molecule has 0 bridgehead atoms. The quantitative estimate of drug-likeness (QED) is 0.685. The molecule has 0 fully saturated rings. The Morgan fingerprint density at radius 1 is 1.32 bits per heavy atom. The monoisotopic (exact) mass is 359 g/mol. The molecule has 3 N–H and O–H groups in total. The minimum atomic E-state index is -0.505. The summed E-state index contributed by atoms with van der Waals surface area (Å²) in [7, 11) is 0. The Morgan fingerprint density at radius 3 is 2.76 bits per heavy atom. The zero-order valence-electron chi connectivity index (χ0n) is 13.6. The van der Waals surface area contributed by atoms with Crippen LogP contribution in [0.1, 0.15) is 18.8 Å². The van der Waals surface area contributed by atoms with E-state index in [1.54, 1.807) is 25.1 Å². The van der Waals surface area contributed by atoms with E-state index in [4.69, 9.17) is 10.8 Å². The number of nitrogens with two attached hydrogens (primary N) is 1. The normalized spacial score (nSPS) is 12.5. The summed E-state index contributed by atoms with van der Waals surface area (Å²) in [6.45, 7) is 1.73. The standard InChI is InChI=1S/C18H18FN3O2S/c1-11(20)17-21-14-6-3-7-15(25-9-8-23)16(14)18(24)22(17)13-5-2-4-12(19)10-13/h2-7,10-11,23H,8-9,20H2,1H3/t11-/m0/s1. The maximum Gasteiger partial charge on any atom is 0.267 e. The Bertz CT molecular complexity index is 972. The first kappa shape index (κ1) is 17.6. The van der Waals surface area contributed by atoms with Crippen LogP contribution in [0.2, 0.25) is 0 Å². The van der Waals surface area contributed by atoms with Gasteiger partial charge in [0.15, 0.2) is 0 Å². The largest absolute Gasteiger partial charge is 0.396 e. The highest BCUT2D eigenvalue weighted by Gasteiger charge is 2.18. The van der Waals surface area contributed by atoms with Gasteiger partial charge in [-0.25, -0.2) is 9.37 Å². The van der Waals surface area contributed by atoms with Crippen LogP contribution in [0.15, 0.2) is 52.2 Å². The van der Waals surface area contributed by atoms with Gasteiger partial charge in [-0.15, -0.1) is 11.8 Å². The molecule has 0 saturated heterocycles. The lowest BCUT2D eigenvalue weighted by Crippen LogP contribution is -2.27. The van der Waals surface area contributed by atoms with E-state index in [0.29, 0.717) is 28.2 Å². The summed E-state index contributed by atoms with van der Waals surface area (Å²) >= 11 is 1.38. The number of hydrogen-bond donors (Lipinski definition) is 2. The van der Waals surface area contributed by atoms with Crippen LogP contribution in [0.3, 0.4) is 0 Å². The van der Waals surface area contributed by atoms with Crippen LogP contribution in [0.5, 0.6) is 0 Å². The second-order valence-electron chi connectivity index (χ2n) is 5.60. The van der Waals surface area contributed by atoms with E-state index in [-0.39, 0.29) is 12.2 Å². The molecule has 0 aliphatic rings. The van der Waals surface area contributed by atoms with Crippen molar-refractivity contribution >= 4 is 22.7 Å². The fraction of sp³-hybridized carbons (Fsp3) is 0.222. The molecule has 0 aliphatic carbocycles. The summed E-state index contributed by atoms with van der Waals surface area (Å²) in [5.41, 5.74) is 6.63. The van der Waals surface area contributed by atoms with E-state index < -0.39 is 11.9 Å². The third-order valence-corrected chi connectivity index (χ3v) is 4.75. The molecule has 0 radical (unpaired) electrons. The van der Waals surface area contributed by atoms with Gasteiger partial charge in [0.1, 0.15) is 11.6 Å². The number of thioether (sulfide) groups is 1. The average molecular weight is 359 g/mol. The second kappa shape index (κ2) is 7.35. The molecule has 7 heteroatoms. The molecule has 2 aromatic carbocycles. The van der Waals surface area contributed by atoms with Gasteiger partial charge in [0.2, 0.25) is 0 Å². The summed E-state index contributed by atoms with van der Waals surface area (Å²) in [6, 6.07) is 10.7. The molecule has 1 aromatic heterocycles. The van der Waals surface area contributed by atoms with Crippen LogP contribution in [0, 0.1) is 5.82 Å². The van der Waals surface area contributed by atoms with Crippen molar-refractivity contribution in [1.82, 2.24) is 9.55 Å². The Morgan fingerprint density at radius 2 is 2.08 bits per heavy atom. The van der Waals surface area contributed by atoms with Gasteiger partial charge in [-0.1, -0.05) is 12.1 Å². The van der Waals surface area contributed by atoms with Crippen molar-refractivity contribution in [2.45, 2.75) is 17.9 Å². The molecule has 0 amide bonds. The Labute approximate surface area is 148 Å². The Kier molecular flexibility index (Phi) is 5.17. The molecule has 25 heavy (non-hydrogen) atoms. The number of nitrogens with zero attached hydrogens (tertiary/aromatic N) is 2.